The van der Waals surface area contributed by atoms with Crippen LogP contribution in [0.3, 0.4) is 0 Å². The number of carbonyl (C=O) groups is 2. The highest BCUT2D eigenvalue weighted by molar-refractivity contribution is 6.03. The number of benzene rings is 1. The van der Waals surface area contributed by atoms with Crippen molar-refractivity contribution in [1.82, 2.24) is 0 Å². The van der Waals surface area contributed by atoms with Gasteiger partial charge in [-0.05, 0) is 12.1 Å². The highest BCUT2D eigenvalue weighted by Crippen LogP contribution is 2.39. The summed E-state index contributed by atoms with van der Waals surface area (Å²) in [4.78, 5) is 24.7. The van der Waals surface area contributed by atoms with Crippen LogP contribution in [0, 0.1) is 17.1 Å². The second kappa shape index (κ2) is 7.63. The van der Waals surface area contributed by atoms with E-state index in [2.05, 4.69) is 9.47 Å². The zero-order chi connectivity index (χ0) is 20.4. The fraction of sp³-hybridized carbons (Fsp3) is 0.312. The summed E-state index contributed by atoms with van der Waals surface area (Å²) in [6, 6.07) is 2.71. The van der Waals surface area contributed by atoms with Gasteiger partial charge in [-0.2, -0.15) is 18.4 Å². The number of hydrogen-bond acceptors (Lipinski definition) is 7. The molecule has 0 amide bonds. The molecular weight excluding hydrogens is 376 g/mol. The average molecular weight is 388 g/mol. The molecule has 1 heterocycles. The third kappa shape index (κ3) is 3.70. The molecule has 27 heavy (non-hydrogen) atoms. The van der Waals surface area contributed by atoms with Crippen LogP contribution in [0.25, 0.3) is 0 Å². The quantitative estimate of drug-likeness (QED) is 0.579. The lowest BCUT2D eigenvalue weighted by Crippen LogP contribution is -2.39. The lowest BCUT2D eigenvalue weighted by molar-refractivity contribution is -0.141. The maximum Gasteiger partial charge on any atom is 0.419 e. The Morgan fingerprint density at radius 2 is 1.85 bits per heavy atom. The van der Waals surface area contributed by atoms with Gasteiger partial charge in [0, 0.05) is 0 Å². The SMILES string of the molecule is COC(=O)C1=C(C(=O)OC)N(c2c(C#N)ccc(C(F)(F)F)c2F)COC1. The molecule has 0 aliphatic carbocycles. The van der Waals surface area contributed by atoms with Gasteiger partial charge >= 0.3 is 18.1 Å². The van der Waals surface area contributed by atoms with Crippen molar-refractivity contribution in [2.45, 2.75) is 6.18 Å². The van der Waals surface area contributed by atoms with Crippen molar-refractivity contribution in [3.8, 4) is 6.07 Å². The van der Waals surface area contributed by atoms with E-state index in [1.165, 1.54) is 0 Å². The number of ether oxygens (including phenoxy) is 3. The number of hydrogen-bond donors (Lipinski definition) is 0. The molecule has 0 saturated heterocycles. The van der Waals surface area contributed by atoms with Crippen LogP contribution in [0.1, 0.15) is 11.1 Å². The molecule has 0 unspecified atom stereocenters. The minimum absolute atomic E-state index is 0.392. The van der Waals surface area contributed by atoms with Gasteiger partial charge in [-0.25, -0.2) is 14.0 Å². The van der Waals surface area contributed by atoms with Gasteiger partial charge in [-0.15, -0.1) is 0 Å². The van der Waals surface area contributed by atoms with E-state index in [0.29, 0.717) is 11.0 Å². The second-order valence-corrected chi connectivity index (χ2v) is 5.15. The molecule has 7 nitrogen and oxygen atoms in total. The number of halogens is 4. The van der Waals surface area contributed by atoms with Crippen LogP contribution in [0.4, 0.5) is 23.2 Å². The molecule has 0 fully saturated rings. The number of rotatable bonds is 3. The van der Waals surface area contributed by atoms with Gasteiger partial charge in [0.05, 0.1) is 43.2 Å². The lowest BCUT2D eigenvalue weighted by atomic mass is 10.0. The molecule has 1 aliphatic heterocycles. The highest BCUT2D eigenvalue weighted by atomic mass is 19.4. The molecule has 0 spiro atoms. The van der Waals surface area contributed by atoms with E-state index in [4.69, 9.17) is 4.74 Å². The standard InChI is InChI=1S/C16H12F4N2O5/c1-25-14(23)9-6-27-7-22(13(9)15(24)26-2)12-8(5-21)3-4-10(11(12)17)16(18,19)20/h3-4H,6-7H2,1-2H3. The highest BCUT2D eigenvalue weighted by Gasteiger charge is 2.40. The minimum Gasteiger partial charge on any atom is -0.466 e. The molecule has 144 valence electrons. The van der Waals surface area contributed by atoms with Crippen molar-refractivity contribution in [3.63, 3.8) is 0 Å². The Bertz CT molecular complexity index is 858. The molecule has 0 radical (unpaired) electrons. The van der Waals surface area contributed by atoms with Gasteiger partial charge in [-0.3, -0.25) is 0 Å². The predicted molar refractivity (Wildman–Crippen MR) is 80.5 cm³/mol. The molecule has 2 rings (SSSR count). The Kier molecular flexibility index (Phi) is 5.70. The first-order valence-electron chi connectivity index (χ1n) is 7.22. The maximum atomic E-state index is 14.7. The van der Waals surface area contributed by atoms with E-state index in [1.807, 2.05) is 0 Å². The fourth-order valence-electron chi connectivity index (χ4n) is 2.46. The number of methoxy groups -OCH3 is 2. The number of carbonyl (C=O) groups excluding carboxylic acids is 2. The molecule has 0 bridgehead atoms. The van der Waals surface area contributed by atoms with E-state index in [1.54, 1.807) is 6.07 Å². The van der Waals surface area contributed by atoms with Crippen LogP contribution in [-0.4, -0.2) is 39.5 Å². The Morgan fingerprint density at radius 1 is 1.22 bits per heavy atom. The molecule has 0 atom stereocenters. The van der Waals surface area contributed by atoms with E-state index >= 15 is 0 Å². The van der Waals surface area contributed by atoms with Crippen molar-refractivity contribution < 1.29 is 41.4 Å². The van der Waals surface area contributed by atoms with Crippen LogP contribution in [0.15, 0.2) is 23.4 Å². The first-order chi connectivity index (χ1) is 12.7. The van der Waals surface area contributed by atoms with Crippen LogP contribution in [0.5, 0.6) is 0 Å². The average Bonchev–Trinajstić information content (AvgIpc) is 2.64. The second-order valence-electron chi connectivity index (χ2n) is 5.15. The summed E-state index contributed by atoms with van der Waals surface area (Å²) in [6.45, 7) is -1.02. The summed E-state index contributed by atoms with van der Waals surface area (Å²) in [5.41, 5.74) is -3.99. The van der Waals surface area contributed by atoms with Gasteiger partial charge < -0.3 is 19.1 Å². The normalized spacial score (nSPS) is 14.6. The number of anilines is 1. The first-order valence-corrected chi connectivity index (χ1v) is 7.22. The van der Waals surface area contributed by atoms with Crippen LogP contribution >= 0.6 is 0 Å². The Balaban J connectivity index is 2.80. The summed E-state index contributed by atoms with van der Waals surface area (Å²) in [7, 11) is 1.97. The van der Waals surface area contributed by atoms with Gasteiger partial charge in [0.2, 0.25) is 0 Å². The molecule has 0 saturated carbocycles. The summed E-state index contributed by atoms with van der Waals surface area (Å²) >= 11 is 0. The largest absolute Gasteiger partial charge is 0.466 e. The zero-order valence-corrected chi connectivity index (χ0v) is 14.0. The third-order valence-electron chi connectivity index (χ3n) is 3.65. The summed E-state index contributed by atoms with van der Waals surface area (Å²) in [5, 5.41) is 9.18. The molecular formula is C16H12F4N2O5. The molecule has 1 aromatic rings. The Hall–Kier alpha value is -3.13. The van der Waals surface area contributed by atoms with Crippen molar-refractivity contribution >= 4 is 17.6 Å². The predicted octanol–water partition coefficient (Wildman–Crippen LogP) is 2.11. The van der Waals surface area contributed by atoms with Crippen molar-refractivity contribution in [3.05, 3.63) is 40.3 Å². The zero-order valence-electron chi connectivity index (χ0n) is 14.0. The summed E-state index contributed by atoms with van der Waals surface area (Å²) in [6.07, 6.45) is -5.05. The van der Waals surface area contributed by atoms with E-state index in [0.717, 1.165) is 20.3 Å². The number of alkyl halides is 3. The topological polar surface area (TPSA) is 88.9 Å². The van der Waals surface area contributed by atoms with Gasteiger partial charge in [0.25, 0.3) is 0 Å². The molecule has 0 aromatic heterocycles. The van der Waals surface area contributed by atoms with Gasteiger partial charge in [-0.1, -0.05) is 0 Å². The number of nitriles is 1. The van der Waals surface area contributed by atoms with Crippen LogP contribution < -0.4 is 4.90 Å². The monoisotopic (exact) mass is 388 g/mol. The molecule has 11 heteroatoms. The number of esters is 2. The van der Waals surface area contributed by atoms with Gasteiger partial charge in [0.1, 0.15) is 18.5 Å². The molecule has 0 N–H and O–H groups in total. The molecule has 1 aliphatic rings. The Morgan fingerprint density at radius 3 is 2.37 bits per heavy atom. The molecule has 1 aromatic carbocycles. The van der Waals surface area contributed by atoms with Gasteiger partial charge in [0.15, 0.2) is 5.82 Å². The lowest BCUT2D eigenvalue weighted by Gasteiger charge is -2.32. The van der Waals surface area contributed by atoms with Crippen LogP contribution in [0.2, 0.25) is 0 Å². The van der Waals surface area contributed by atoms with E-state index in [-0.39, 0.29) is 0 Å². The van der Waals surface area contributed by atoms with Crippen molar-refractivity contribution in [2.75, 3.05) is 32.5 Å². The maximum absolute atomic E-state index is 14.7. The third-order valence-corrected chi connectivity index (χ3v) is 3.65. The fourth-order valence-corrected chi connectivity index (χ4v) is 2.46. The summed E-state index contributed by atoms with van der Waals surface area (Å²) in [5.74, 6) is -3.96. The van der Waals surface area contributed by atoms with E-state index < -0.39 is 65.4 Å². The minimum atomic E-state index is -5.05. The smallest absolute Gasteiger partial charge is 0.419 e. The number of nitrogens with zero attached hydrogens (tertiary/aromatic N) is 2. The van der Waals surface area contributed by atoms with E-state index in [9.17, 15) is 32.4 Å². The van der Waals surface area contributed by atoms with Crippen molar-refractivity contribution in [2.24, 2.45) is 0 Å². The van der Waals surface area contributed by atoms with Crippen molar-refractivity contribution in [1.29, 1.82) is 5.26 Å². The summed E-state index contributed by atoms with van der Waals surface area (Å²) < 4.78 is 68.0. The Labute approximate surface area is 150 Å². The van der Waals surface area contributed by atoms with Crippen LogP contribution in [-0.2, 0) is 30.0 Å². The first kappa shape index (κ1) is 20.2.